The van der Waals surface area contributed by atoms with Crippen molar-refractivity contribution in [3.05, 3.63) is 59.4 Å². The number of amides is 1. The molecular formula is C24H25F3N2O2. The minimum absolute atomic E-state index is 0.0705. The number of H-pyrrole nitrogens is 1. The topological polar surface area (TPSA) is 65.1 Å². The number of aliphatic hydroxyl groups is 1. The molecule has 1 aliphatic rings. The van der Waals surface area contributed by atoms with E-state index in [1.807, 2.05) is 0 Å². The van der Waals surface area contributed by atoms with Gasteiger partial charge < -0.3 is 15.4 Å². The second-order valence-electron chi connectivity index (χ2n) is 8.47. The largest absolute Gasteiger partial charge is 0.394 e. The SMILES string of the molecule is CC(CO)NC(=O)C1CCC(Cc2c(-c3ccc(F)cc3)[nH]c3c(F)cc(F)cc23)C1. The van der Waals surface area contributed by atoms with E-state index >= 15 is 0 Å². The molecular weight excluding hydrogens is 405 g/mol. The zero-order valence-electron chi connectivity index (χ0n) is 17.2. The van der Waals surface area contributed by atoms with Crippen molar-refractivity contribution in [3.8, 4) is 11.3 Å². The molecule has 1 fully saturated rings. The summed E-state index contributed by atoms with van der Waals surface area (Å²) in [6.07, 6.45) is 2.76. The Hall–Kier alpha value is -2.80. The fourth-order valence-corrected chi connectivity index (χ4v) is 4.54. The van der Waals surface area contributed by atoms with E-state index < -0.39 is 11.6 Å². The summed E-state index contributed by atoms with van der Waals surface area (Å²) in [6, 6.07) is 7.75. The maximum atomic E-state index is 14.5. The van der Waals surface area contributed by atoms with Gasteiger partial charge in [0.1, 0.15) is 17.5 Å². The van der Waals surface area contributed by atoms with Gasteiger partial charge in [0.2, 0.25) is 5.91 Å². The zero-order chi connectivity index (χ0) is 22.1. The highest BCUT2D eigenvalue weighted by Crippen LogP contribution is 2.39. The number of halogens is 3. The van der Waals surface area contributed by atoms with Crippen molar-refractivity contribution in [2.24, 2.45) is 11.8 Å². The van der Waals surface area contributed by atoms with E-state index in [2.05, 4.69) is 10.3 Å². The molecule has 3 atom stereocenters. The lowest BCUT2D eigenvalue weighted by Gasteiger charge is -2.16. The normalized spacial score (nSPS) is 19.6. The van der Waals surface area contributed by atoms with Crippen LogP contribution in [0.15, 0.2) is 36.4 Å². The summed E-state index contributed by atoms with van der Waals surface area (Å²) in [5.74, 6) is -1.75. The van der Waals surface area contributed by atoms with E-state index in [9.17, 15) is 18.0 Å². The summed E-state index contributed by atoms with van der Waals surface area (Å²) in [5, 5.41) is 12.4. The van der Waals surface area contributed by atoms with Gasteiger partial charge in [0.15, 0.2) is 0 Å². The molecule has 0 spiro atoms. The van der Waals surface area contributed by atoms with Crippen LogP contribution in [0.5, 0.6) is 0 Å². The van der Waals surface area contributed by atoms with Gasteiger partial charge in [-0.2, -0.15) is 0 Å². The quantitative estimate of drug-likeness (QED) is 0.530. The zero-order valence-corrected chi connectivity index (χ0v) is 17.2. The van der Waals surface area contributed by atoms with Gasteiger partial charge in [-0.1, -0.05) is 0 Å². The third-order valence-corrected chi connectivity index (χ3v) is 6.13. The second kappa shape index (κ2) is 8.75. The summed E-state index contributed by atoms with van der Waals surface area (Å²) < 4.78 is 41.9. The first-order valence-corrected chi connectivity index (χ1v) is 10.5. The number of aromatic nitrogens is 1. The molecule has 7 heteroatoms. The molecule has 1 aromatic heterocycles. The van der Waals surface area contributed by atoms with Crippen LogP contribution in [-0.2, 0) is 11.2 Å². The van der Waals surface area contributed by atoms with E-state index in [1.54, 1.807) is 19.1 Å². The Bertz CT molecular complexity index is 1090. The van der Waals surface area contributed by atoms with Gasteiger partial charge in [0.25, 0.3) is 0 Å². The average molecular weight is 430 g/mol. The maximum Gasteiger partial charge on any atom is 0.223 e. The number of aromatic amines is 1. The number of hydrogen-bond acceptors (Lipinski definition) is 2. The molecule has 1 aliphatic carbocycles. The Kier molecular flexibility index (Phi) is 6.05. The smallest absolute Gasteiger partial charge is 0.223 e. The van der Waals surface area contributed by atoms with Crippen LogP contribution in [0.4, 0.5) is 13.2 Å². The van der Waals surface area contributed by atoms with Gasteiger partial charge in [-0.05, 0) is 80.0 Å². The monoisotopic (exact) mass is 430 g/mol. The molecule has 4 nitrogen and oxygen atoms in total. The summed E-state index contributed by atoms with van der Waals surface area (Å²) >= 11 is 0. The molecule has 0 aliphatic heterocycles. The highest BCUT2D eigenvalue weighted by Gasteiger charge is 2.32. The molecule has 4 rings (SSSR count). The number of rotatable bonds is 6. The number of hydrogen-bond donors (Lipinski definition) is 3. The van der Waals surface area contributed by atoms with Crippen LogP contribution in [0.25, 0.3) is 22.2 Å². The van der Waals surface area contributed by atoms with Gasteiger partial charge in [-0.15, -0.1) is 0 Å². The average Bonchev–Trinajstić information content (AvgIpc) is 3.34. The van der Waals surface area contributed by atoms with E-state index in [4.69, 9.17) is 5.11 Å². The third kappa shape index (κ3) is 4.46. The van der Waals surface area contributed by atoms with Gasteiger partial charge in [-0.3, -0.25) is 4.79 Å². The maximum absolute atomic E-state index is 14.5. The molecule has 164 valence electrons. The number of benzene rings is 2. The van der Waals surface area contributed by atoms with Crippen LogP contribution in [0.2, 0.25) is 0 Å². The van der Waals surface area contributed by atoms with Crippen molar-refractivity contribution < 1.29 is 23.1 Å². The molecule has 0 saturated heterocycles. The number of carbonyl (C=O) groups excluding carboxylic acids is 1. The van der Waals surface area contributed by atoms with Crippen LogP contribution in [-0.4, -0.2) is 28.6 Å². The number of aliphatic hydroxyl groups excluding tert-OH is 1. The summed E-state index contributed by atoms with van der Waals surface area (Å²) in [5.41, 5.74) is 2.33. The molecule has 3 N–H and O–H groups in total. The Balaban J connectivity index is 1.64. The molecule has 2 aromatic carbocycles. The van der Waals surface area contributed by atoms with Crippen LogP contribution in [0.3, 0.4) is 0 Å². The van der Waals surface area contributed by atoms with Gasteiger partial charge in [-0.25, -0.2) is 13.2 Å². The fraction of sp³-hybridized carbons (Fsp3) is 0.375. The van der Waals surface area contributed by atoms with E-state index in [0.717, 1.165) is 24.5 Å². The Morgan fingerprint density at radius 3 is 2.61 bits per heavy atom. The van der Waals surface area contributed by atoms with Crippen molar-refractivity contribution >= 4 is 16.8 Å². The number of fused-ring (bicyclic) bond motifs is 1. The van der Waals surface area contributed by atoms with Crippen molar-refractivity contribution in [3.63, 3.8) is 0 Å². The van der Waals surface area contributed by atoms with E-state index in [1.165, 1.54) is 18.2 Å². The molecule has 0 bridgehead atoms. The Morgan fingerprint density at radius 1 is 1.16 bits per heavy atom. The number of nitrogens with one attached hydrogen (secondary N) is 2. The van der Waals surface area contributed by atoms with Crippen LogP contribution in [0.1, 0.15) is 31.7 Å². The lowest BCUT2D eigenvalue weighted by Crippen LogP contribution is -2.38. The fourth-order valence-electron chi connectivity index (χ4n) is 4.54. The minimum Gasteiger partial charge on any atom is -0.394 e. The first-order valence-electron chi connectivity index (χ1n) is 10.5. The van der Waals surface area contributed by atoms with Crippen LogP contribution in [0, 0.1) is 29.3 Å². The molecule has 1 saturated carbocycles. The molecule has 3 aromatic rings. The molecule has 1 heterocycles. The van der Waals surface area contributed by atoms with Gasteiger partial charge in [0.05, 0.1) is 12.1 Å². The van der Waals surface area contributed by atoms with E-state index in [0.29, 0.717) is 29.5 Å². The standard InChI is InChI=1S/C24H25F3N2O2/c1-13(12-30)28-24(31)16-3-2-14(8-16)9-19-20-10-18(26)11-21(27)23(20)29-22(19)15-4-6-17(25)7-5-15/h4-7,10-11,13-14,16,29-30H,2-3,8-9,12H2,1H3,(H,28,31). The first kappa shape index (κ1) is 21.4. The van der Waals surface area contributed by atoms with Crippen molar-refractivity contribution in [1.29, 1.82) is 0 Å². The van der Waals surface area contributed by atoms with E-state index in [-0.39, 0.29) is 41.7 Å². The Morgan fingerprint density at radius 2 is 1.90 bits per heavy atom. The predicted molar refractivity (Wildman–Crippen MR) is 113 cm³/mol. The molecule has 1 amide bonds. The van der Waals surface area contributed by atoms with Gasteiger partial charge >= 0.3 is 0 Å². The predicted octanol–water partition coefficient (Wildman–Crippen LogP) is 4.71. The summed E-state index contributed by atoms with van der Waals surface area (Å²) in [6.45, 7) is 1.63. The summed E-state index contributed by atoms with van der Waals surface area (Å²) in [4.78, 5) is 15.5. The molecule has 3 unspecified atom stereocenters. The highest BCUT2D eigenvalue weighted by molar-refractivity contribution is 5.91. The lowest BCUT2D eigenvalue weighted by atomic mass is 9.92. The third-order valence-electron chi connectivity index (χ3n) is 6.13. The van der Waals surface area contributed by atoms with Crippen LogP contribution >= 0.6 is 0 Å². The molecule has 0 radical (unpaired) electrons. The van der Waals surface area contributed by atoms with Crippen LogP contribution < -0.4 is 5.32 Å². The molecule has 31 heavy (non-hydrogen) atoms. The first-order chi connectivity index (χ1) is 14.9. The summed E-state index contributed by atoms with van der Waals surface area (Å²) in [7, 11) is 0. The Labute approximate surface area is 178 Å². The van der Waals surface area contributed by atoms with Crippen molar-refractivity contribution in [1.82, 2.24) is 10.3 Å². The lowest BCUT2D eigenvalue weighted by molar-refractivity contribution is -0.125. The van der Waals surface area contributed by atoms with Crippen molar-refractivity contribution in [2.75, 3.05) is 6.61 Å². The number of carbonyl (C=O) groups is 1. The minimum atomic E-state index is -0.675. The van der Waals surface area contributed by atoms with Crippen molar-refractivity contribution in [2.45, 2.75) is 38.6 Å². The second-order valence-corrected chi connectivity index (χ2v) is 8.47. The highest BCUT2D eigenvalue weighted by atomic mass is 19.1. The van der Waals surface area contributed by atoms with Gasteiger partial charge in [0, 0.05) is 29.1 Å².